The van der Waals surface area contributed by atoms with Gasteiger partial charge in [0.05, 0.1) is 9.77 Å². The van der Waals surface area contributed by atoms with Gasteiger partial charge in [0.2, 0.25) is 10.0 Å². The number of hydrogen-bond acceptors (Lipinski definition) is 6. The first kappa shape index (κ1) is 16.7. The smallest absolute Gasteiger partial charge is 0.267 e. The molecule has 9 heteroatoms. The van der Waals surface area contributed by atoms with Crippen molar-refractivity contribution in [1.82, 2.24) is 9.88 Å². The molecule has 0 fully saturated rings. The second-order valence-corrected chi connectivity index (χ2v) is 8.02. The molecular formula is C13H17N3O4S2. The van der Waals surface area contributed by atoms with Crippen molar-refractivity contribution in [1.29, 1.82) is 0 Å². The highest BCUT2D eigenvalue weighted by Gasteiger charge is 2.23. The SMILES string of the molecule is Cc1cc(NC(=O)c2cc(S(=O)(=O)NC(C)C)c(C)s2)no1. The summed E-state index contributed by atoms with van der Waals surface area (Å²) in [6, 6.07) is 2.73. The van der Waals surface area contributed by atoms with Crippen LogP contribution in [0.4, 0.5) is 5.82 Å². The molecule has 0 saturated heterocycles. The second kappa shape index (κ2) is 6.19. The Balaban J connectivity index is 2.24. The van der Waals surface area contributed by atoms with Crippen LogP contribution in [0.1, 0.15) is 34.2 Å². The number of thiophene rings is 1. The van der Waals surface area contributed by atoms with E-state index in [0.29, 0.717) is 21.3 Å². The molecule has 0 aliphatic heterocycles. The summed E-state index contributed by atoms with van der Waals surface area (Å²) in [4.78, 5) is 13.1. The highest BCUT2D eigenvalue weighted by Crippen LogP contribution is 2.26. The minimum Gasteiger partial charge on any atom is -0.360 e. The number of aromatic nitrogens is 1. The Kier molecular flexibility index (Phi) is 4.69. The molecule has 2 heterocycles. The zero-order valence-corrected chi connectivity index (χ0v) is 14.3. The number of nitrogens with zero attached hydrogens (tertiary/aromatic N) is 1. The summed E-state index contributed by atoms with van der Waals surface area (Å²) in [7, 11) is -3.63. The van der Waals surface area contributed by atoms with Crippen LogP contribution >= 0.6 is 11.3 Å². The van der Waals surface area contributed by atoms with E-state index in [9.17, 15) is 13.2 Å². The van der Waals surface area contributed by atoms with Crippen LogP contribution in [-0.4, -0.2) is 25.5 Å². The van der Waals surface area contributed by atoms with Gasteiger partial charge in [-0.25, -0.2) is 13.1 Å². The molecule has 1 amide bonds. The van der Waals surface area contributed by atoms with Gasteiger partial charge < -0.3 is 9.84 Å². The molecule has 2 aromatic heterocycles. The quantitative estimate of drug-likeness (QED) is 0.867. The first-order valence-corrected chi connectivity index (χ1v) is 8.86. The van der Waals surface area contributed by atoms with Crippen LogP contribution in [0.3, 0.4) is 0 Å². The van der Waals surface area contributed by atoms with Crippen LogP contribution in [-0.2, 0) is 10.0 Å². The topological polar surface area (TPSA) is 101 Å². The molecule has 0 bridgehead atoms. The third kappa shape index (κ3) is 3.73. The molecule has 2 N–H and O–H groups in total. The average Bonchev–Trinajstić information content (AvgIpc) is 2.94. The number of nitrogens with one attached hydrogen (secondary N) is 2. The lowest BCUT2D eigenvalue weighted by Gasteiger charge is -2.08. The molecule has 7 nitrogen and oxygen atoms in total. The summed E-state index contributed by atoms with van der Waals surface area (Å²) in [6.07, 6.45) is 0. The molecule has 0 atom stereocenters. The van der Waals surface area contributed by atoms with Gasteiger partial charge in [0.1, 0.15) is 5.76 Å². The minimum atomic E-state index is -3.63. The number of carbonyl (C=O) groups excluding carboxylic acids is 1. The molecule has 2 aromatic rings. The van der Waals surface area contributed by atoms with Crippen LogP contribution in [0.15, 0.2) is 21.6 Å². The third-order valence-corrected chi connectivity index (χ3v) is 5.61. The van der Waals surface area contributed by atoms with E-state index in [2.05, 4.69) is 15.2 Å². The highest BCUT2D eigenvalue weighted by molar-refractivity contribution is 7.89. The fourth-order valence-corrected chi connectivity index (χ4v) is 4.56. The number of carbonyl (C=O) groups is 1. The van der Waals surface area contributed by atoms with Gasteiger partial charge in [0.25, 0.3) is 5.91 Å². The summed E-state index contributed by atoms with van der Waals surface area (Å²) in [6.45, 7) is 6.84. The van der Waals surface area contributed by atoms with E-state index in [1.807, 2.05) is 0 Å². The van der Waals surface area contributed by atoms with Gasteiger partial charge in [-0.1, -0.05) is 5.16 Å². The summed E-state index contributed by atoms with van der Waals surface area (Å²) >= 11 is 1.11. The standard InChI is InChI=1S/C13H17N3O4S2/c1-7(2)16-22(18,19)11-6-10(21-9(11)4)13(17)14-12-5-8(3)20-15-12/h5-7,16H,1-4H3,(H,14,15,17). The van der Waals surface area contributed by atoms with Crippen molar-refractivity contribution in [2.24, 2.45) is 0 Å². The minimum absolute atomic E-state index is 0.118. The molecule has 0 radical (unpaired) electrons. The summed E-state index contributed by atoms with van der Waals surface area (Å²) in [5, 5.41) is 6.23. The van der Waals surface area contributed by atoms with Gasteiger partial charge in [-0.2, -0.15) is 0 Å². The van der Waals surface area contributed by atoms with E-state index >= 15 is 0 Å². The van der Waals surface area contributed by atoms with Crippen molar-refractivity contribution < 1.29 is 17.7 Å². The van der Waals surface area contributed by atoms with Gasteiger partial charge in [0.15, 0.2) is 5.82 Å². The van der Waals surface area contributed by atoms with Crippen molar-refractivity contribution in [3.05, 3.63) is 27.6 Å². The zero-order valence-electron chi connectivity index (χ0n) is 12.6. The monoisotopic (exact) mass is 343 g/mol. The molecule has 0 spiro atoms. The normalized spacial score (nSPS) is 11.9. The van der Waals surface area contributed by atoms with Crippen LogP contribution in [0, 0.1) is 13.8 Å². The second-order valence-electron chi connectivity index (χ2n) is 5.08. The van der Waals surface area contributed by atoms with Crippen molar-refractivity contribution in [3.8, 4) is 0 Å². The van der Waals surface area contributed by atoms with Crippen molar-refractivity contribution >= 4 is 33.1 Å². The maximum atomic E-state index is 12.2. The molecule has 0 aliphatic rings. The molecule has 22 heavy (non-hydrogen) atoms. The predicted octanol–water partition coefficient (Wildman–Crippen LogP) is 2.29. The number of rotatable bonds is 5. The number of sulfonamides is 1. The molecule has 0 unspecified atom stereocenters. The fraction of sp³-hybridized carbons (Fsp3) is 0.385. The first-order valence-electron chi connectivity index (χ1n) is 6.56. The van der Waals surface area contributed by atoms with E-state index < -0.39 is 15.9 Å². The van der Waals surface area contributed by atoms with Crippen LogP contribution < -0.4 is 10.0 Å². The molecular weight excluding hydrogens is 326 g/mol. The Morgan fingerprint density at radius 1 is 1.32 bits per heavy atom. The number of hydrogen-bond donors (Lipinski definition) is 2. The summed E-state index contributed by atoms with van der Waals surface area (Å²) in [5.41, 5.74) is 0. The Morgan fingerprint density at radius 2 is 2.00 bits per heavy atom. The highest BCUT2D eigenvalue weighted by atomic mass is 32.2. The van der Waals surface area contributed by atoms with Gasteiger partial charge >= 0.3 is 0 Å². The maximum absolute atomic E-state index is 12.2. The zero-order chi connectivity index (χ0) is 16.5. The van der Waals surface area contributed by atoms with Crippen molar-refractivity contribution in [2.75, 3.05) is 5.32 Å². The Bertz CT molecular complexity index is 790. The van der Waals surface area contributed by atoms with Gasteiger partial charge in [-0.05, 0) is 33.8 Å². The van der Waals surface area contributed by atoms with Crippen LogP contribution in [0.25, 0.3) is 0 Å². The fourth-order valence-electron chi connectivity index (χ4n) is 1.82. The Hall–Kier alpha value is -1.71. The largest absolute Gasteiger partial charge is 0.360 e. The predicted molar refractivity (Wildman–Crippen MR) is 83.7 cm³/mol. The van der Waals surface area contributed by atoms with Gasteiger partial charge in [0, 0.05) is 17.0 Å². The van der Waals surface area contributed by atoms with E-state index in [1.165, 1.54) is 6.07 Å². The Morgan fingerprint density at radius 3 is 2.55 bits per heavy atom. The lowest BCUT2D eigenvalue weighted by molar-refractivity contribution is 0.102. The van der Waals surface area contributed by atoms with Crippen LogP contribution in [0.5, 0.6) is 0 Å². The number of amides is 1. The van der Waals surface area contributed by atoms with E-state index in [0.717, 1.165) is 11.3 Å². The molecule has 0 saturated carbocycles. The first-order chi connectivity index (χ1) is 10.2. The summed E-state index contributed by atoms with van der Waals surface area (Å²) in [5.74, 6) is 0.438. The van der Waals surface area contributed by atoms with Crippen molar-refractivity contribution in [3.63, 3.8) is 0 Å². The molecule has 0 aromatic carbocycles. The summed E-state index contributed by atoms with van der Waals surface area (Å²) < 4.78 is 31.8. The van der Waals surface area contributed by atoms with E-state index in [1.54, 1.807) is 33.8 Å². The van der Waals surface area contributed by atoms with E-state index in [-0.39, 0.29) is 10.9 Å². The maximum Gasteiger partial charge on any atom is 0.267 e. The lowest BCUT2D eigenvalue weighted by Crippen LogP contribution is -2.30. The molecule has 2 rings (SSSR count). The van der Waals surface area contributed by atoms with Gasteiger partial charge in [-0.15, -0.1) is 11.3 Å². The number of aryl methyl sites for hydroxylation is 2. The third-order valence-electron chi connectivity index (χ3n) is 2.65. The van der Waals surface area contributed by atoms with E-state index in [4.69, 9.17) is 4.52 Å². The Labute approximate surface area is 132 Å². The number of anilines is 1. The van der Waals surface area contributed by atoms with Crippen LogP contribution in [0.2, 0.25) is 0 Å². The average molecular weight is 343 g/mol. The molecule has 120 valence electrons. The van der Waals surface area contributed by atoms with Crippen molar-refractivity contribution in [2.45, 2.75) is 38.6 Å². The van der Waals surface area contributed by atoms with Gasteiger partial charge in [-0.3, -0.25) is 4.79 Å². The lowest BCUT2D eigenvalue weighted by atomic mass is 10.4. The molecule has 0 aliphatic carbocycles.